The number of rotatable bonds is 10. The molecule has 4 aromatic heterocycles. The Labute approximate surface area is 381 Å². The predicted molar refractivity (Wildman–Crippen MR) is 239 cm³/mol. The minimum absolute atomic E-state index is 0.158. The van der Waals surface area contributed by atoms with Crippen molar-refractivity contribution >= 4 is 57.4 Å². The van der Waals surface area contributed by atoms with Crippen molar-refractivity contribution in [1.29, 1.82) is 0 Å². The second-order valence-electron chi connectivity index (χ2n) is 16.0. The minimum Gasteiger partial charge on any atom is -0.484 e. The summed E-state index contributed by atoms with van der Waals surface area (Å²) in [6.07, 6.45) is -7.82. The maximum Gasteiger partial charge on any atom is 0.416 e. The number of hydrogen-bond donors (Lipinski definition) is 2. The molecule has 2 N–H and O–H groups in total. The van der Waals surface area contributed by atoms with E-state index in [9.17, 15) is 35.9 Å². The molecule has 2 aliphatic rings. The van der Waals surface area contributed by atoms with Gasteiger partial charge in [0.25, 0.3) is 11.8 Å². The Balaban J connectivity index is 0.000000199. The van der Waals surface area contributed by atoms with E-state index in [2.05, 4.69) is 74.2 Å². The van der Waals surface area contributed by atoms with Crippen LogP contribution in [0.15, 0.2) is 72.8 Å². The Morgan fingerprint density at radius 3 is 1.31 bits per heavy atom. The summed E-state index contributed by atoms with van der Waals surface area (Å²) in [5, 5.41) is 5.26. The number of piperazine rings is 1. The lowest BCUT2D eigenvalue weighted by molar-refractivity contribution is -0.138. The lowest BCUT2D eigenvalue weighted by atomic mass is 10.2. The van der Waals surface area contributed by atoms with Crippen molar-refractivity contribution in [2.75, 3.05) is 100 Å². The molecule has 0 atom stereocenters. The molecule has 2 aromatic carbocycles. The van der Waals surface area contributed by atoms with Gasteiger partial charge in [-0.05, 0) is 114 Å². The van der Waals surface area contributed by atoms with Crippen LogP contribution >= 0.6 is 0 Å². The quantitative estimate of drug-likeness (QED) is 0.141. The van der Waals surface area contributed by atoms with Gasteiger partial charge in [0.1, 0.15) is 34.2 Å². The van der Waals surface area contributed by atoms with Crippen LogP contribution in [0.2, 0.25) is 0 Å². The molecule has 2 saturated heterocycles. The SMILES string of the molecule is Cc1nc(N2CCCN(C)CC2)nc2ccc(NC(=O)COc3ccc(C(F)(F)F)cc3)nc12.Cc1nc(N2CCN(C)CC2)nc2ccc(NC(=O)COc3ccc(C(F)(F)F)cc3)nc12. The van der Waals surface area contributed by atoms with E-state index in [1.54, 1.807) is 24.3 Å². The number of carbonyl (C=O) groups excluding carboxylic acids is 2. The summed E-state index contributed by atoms with van der Waals surface area (Å²) >= 11 is 0. The monoisotopic (exact) mass is 934 g/mol. The number of fused-ring (bicyclic) bond motifs is 2. The van der Waals surface area contributed by atoms with Crippen molar-refractivity contribution in [2.45, 2.75) is 32.6 Å². The van der Waals surface area contributed by atoms with Gasteiger partial charge in [0.15, 0.2) is 13.2 Å². The second kappa shape index (κ2) is 20.7. The number of amides is 2. The van der Waals surface area contributed by atoms with Gasteiger partial charge in [-0.15, -0.1) is 0 Å². The molecular formula is C45H48F6N12O4. The molecular weight excluding hydrogens is 887 g/mol. The minimum atomic E-state index is -4.43. The van der Waals surface area contributed by atoms with Gasteiger partial charge in [-0.25, -0.2) is 29.9 Å². The Kier molecular flexibility index (Phi) is 14.8. The van der Waals surface area contributed by atoms with Gasteiger partial charge in [0.2, 0.25) is 11.9 Å². The molecule has 16 nitrogen and oxygen atoms in total. The first kappa shape index (κ1) is 48.0. The third kappa shape index (κ3) is 12.9. The molecule has 0 unspecified atom stereocenters. The van der Waals surface area contributed by atoms with Crippen molar-refractivity contribution in [3.8, 4) is 11.5 Å². The van der Waals surface area contributed by atoms with Crippen molar-refractivity contribution in [3.05, 3.63) is 95.3 Å². The van der Waals surface area contributed by atoms with Gasteiger partial charge in [0.05, 0.1) is 33.5 Å². The topological polar surface area (TPSA) is 167 Å². The van der Waals surface area contributed by atoms with E-state index >= 15 is 0 Å². The van der Waals surface area contributed by atoms with E-state index in [4.69, 9.17) is 9.47 Å². The number of nitrogens with one attached hydrogen (secondary N) is 2. The molecule has 354 valence electrons. The van der Waals surface area contributed by atoms with E-state index in [0.29, 0.717) is 57.0 Å². The fourth-order valence-electron chi connectivity index (χ4n) is 7.10. The van der Waals surface area contributed by atoms with Crippen LogP contribution in [0.4, 0.5) is 49.9 Å². The number of aromatic nitrogens is 6. The smallest absolute Gasteiger partial charge is 0.416 e. The molecule has 0 saturated carbocycles. The summed E-state index contributed by atoms with van der Waals surface area (Å²) in [5.74, 6) is 1.29. The molecule has 0 radical (unpaired) electrons. The second-order valence-corrected chi connectivity index (χ2v) is 16.0. The summed E-state index contributed by atoms with van der Waals surface area (Å²) < 4.78 is 86.3. The van der Waals surface area contributed by atoms with Gasteiger partial charge in [0, 0.05) is 45.8 Å². The summed E-state index contributed by atoms with van der Waals surface area (Å²) in [6.45, 7) is 10.2. The van der Waals surface area contributed by atoms with Crippen LogP contribution in [-0.2, 0) is 21.9 Å². The van der Waals surface area contributed by atoms with Crippen LogP contribution in [0, 0.1) is 13.8 Å². The van der Waals surface area contributed by atoms with Crippen LogP contribution in [0.25, 0.3) is 22.1 Å². The number of carbonyl (C=O) groups is 2. The van der Waals surface area contributed by atoms with Crippen molar-refractivity contribution in [1.82, 2.24) is 39.7 Å². The van der Waals surface area contributed by atoms with Crippen molar-refractivity contribution < 1.29 is 45.4 Å². The zero-order valence-corrected chi connectivity index (χ0v) is 37.1. The van der Waals surface area contributed by atoms with Crippen molar-refractivity contribution in [3.63, 3.8) is 0 Å². The summed E-state index contributed by atoms with van der Waals surface area (Å²) in [7, 11) is 4.18. The molecule has 2 aliphatic heterocycles. The average molecular weight is 935 g/mol. The molecule has 6 heterocycles. The first-order valence-corrected chi connectivity index (χ1v) is 21.3. The van der Waals surface area contributed by atoms with E-state index < -0.39 is 35.3 Å². The van der Waals surface area contributed by atoms with E-state index in [-0.39, 0.29) is 24.7 Å². The third-order valence-electron chi connectivity index (χ3n) is 10.8. The molecule has 0 spiro atoms. The van der Waals surface area contributed by atoms with Crippen LogP contribution in [-0.4, -0.2) is 131 Å². The highest BCUT2D eigenvalue weighted by atomic mass is 19.4. The number of pyridine rings is 2. The Morgan fingerprint density at radius 2 is 0.910 bits per heavy atom. The van der Waals surface area contributed by atoms with Crippen LogP contribution in [0.3, 0.4) is 0 Å². The zero-order chi connectivity index (χ0) is 47.9. The van der Waals surface area contributed by atoms with Crippen LogP contribution in [0.1, 0.15) is 28.9 Å². The fourth-order valence-corrected chi connectivity index (χ4v) is 7.10. The van der Waals surface area contributed by atoms with Gasteiger partial charge in [-0.3, -0.25) is 9.59 Å². The Hall–Kier alpha value is -6.94. The average Bonchev–Trinajstić information content (AvgIpc) is 3.52. The molecule has 0 aliphatic carbocycles. The molecule has 8 rings (SSSR count). The fraction of sp³-hybridized carbons (Fsp3) is 0.378. The van der Waals surface area contributed by atoms with Crippen LogP contribution in [0.5, 0.6) is 11.5 Å². The van der Waals surface area contributed by atoms with Gasteiger partial charge in [-0.2, -0.15) is 26.3 Å². The molecule has 67 heavy (non-hydrogen) atoms. The van der Waals surface area contributed by atoms with Crippen LogP contribution < -0.4 is 29.9 Å². The van der Waals surface area contributed by atoms with E-state index in [0.717, 1.165) is 83.0 Å². The molecule has 2 amide bonds. The number of nitrogens with zero attached hydrogens (tertiary/aromatic N) is 10. The predicted octanol–water partition coefficient (Wildman–Crippen LogP) is 6.63. The normalized spacial score (nSPS) is 15.1. The number of anilines is 4. The highest BCUT2D eigenvalue weighted by Crippen LogP contribution is 2.31. The maximum absolute atomic E-state index is 12.6. The largest absolute Gasteiger partial charge is 0.484 e. The van der Waals surface area contributed by atoms with Gasteiger partial charge in [-0.1, -0.05) is 0 Å². The van der Waals surface area contributed by atoms with Gasteiger partial charge >= 0.3 is 12.4 Å². The first-order valence-electron chi connectivity index (χ1n) is 21.3. The Bertz CT molecular complexity index is 2680. The number of benzene rings is 2. The lowest BCUT2D eigenvalue weighted by Gasteiger charge is -2.32. The summed E-state index contributed by atoms with van der Waals surface area (Å²) in [4.78, 5) is 60.7. The van der Waals surface area contributed by atoms with E-state index in [1.807, 2.05) is 13.8 Å². The Morgan fingerprint density at radius 1 is 0.522 bits per heavy atom. The standard InChI is InChI=1S/C23H25F3N6O2.C22H23F3N6O2/c1-15-21-18(28-22(27-15)32-11-3-10-31(2)12-13-32)8-9-19(30-21)29-20(33)14-34-17-6-4-16(5-7-17)23(24,25)26;1-14-20-17(27-21(26-14)31-11-9-30(2)10-12-31)7-8-18(29-20)28-19(32)13-33-16-5-3-15(4-6-16)22(23,24)25/h4-9H,3,10-14H2,1-2H3,(H,29,30,33);3-8H,9-13H2,1-2H3,(H,28,29,32). The number of hydrogen-bond acceptors (Lipinski definition) is 14. The number of aryl methyl sites for hydroxylation is 2. The van der Waals surface area contributed by atoms with E-state index in [1.165, 1.54) is 24.3 Å². The number of halogens is 6. The third-order valence-corrected chi connectivity index (χ3v) is 10.8. The van der Waals surface area contributed by atoms with Crippen molar-refractivity contribution in [2.24, 2.45) is 0 Å². The first-order chi connectivity index (χ1) is 31.9. The molecule has 22 heteroatoms. The molecule has 6 aromatic rings. The zero-order valence-electron chi connectivity index (χ0n) is 37.1. The summed E-state index contributed by atoms with van der Waals surface area (Å²) in [6, 6.07) is 15.1. The summed E-state index contributed by atoms with van der Waals surface area (Å²) in [5.41, 5.74) is 2.35. The lowest BCUT2D eigenvalue weighted by Crippen LogP contribution is -2.45. The molecule has 2 fully saturated rings. The highest BCUT2D eigenvalue weighted by Gasteiger charge is 2.31. The molecule has 0 bridgehead atoms. The van der Waals surface area contributed by atoms with Gasteiger partial charge < -0.3 is 39.7 Å². The number of alkyl halides is 6. The number of likely N-dealkylation sites (N-methyl/N-ethyl adjacent to an activating group) is 2. The number of ether oxygens (including phenoxy) is 2. The maximum atomic E-state index is 12.6. The highest BCUT2D eigenvalue weighted by molar-refractivity contribution is 5.93.